The quantitative estimate of drug-likeness (QED) is 0.347. The van der Waals surface area contributed by atoms with E-state index in [2.05, 4.69) is 12.2 Å². The number of nitrogens with zero attached hydrogens (tertiary/aromatic N) is 1. The van der Waals surface area contributed by atoms with E-state index in [1.54, 1.807) is 13.0 Å². The topological polar surface area (TPSA) is 125 Å². The van der Waals surface area contributed by atoms with Gasteiger partial charge in [0.15, 0.2) is 6.10 Å². The van der Waals surface area contributed by atoms with Crippen molar-refractivity contribution in [3.8, 4) is 0 Å². The number of carbonyl (C=O) groups excluding carboxylic acids is 3. The second kappa shape index (κ2) is 10.6. The highest BCUT2D eigenvalue weighted by Crippen LogP contribution is 2.40. The monoisotopic (exact) mass is 474 g/mol. The lowest BCUT2D eigenvalue weighted by Crippen LogP contribution is -2.30. The molecule has 2 unspecified atom stereocenters. The molecule has 0 bridgehead atoms. The molecule has 0 saturated carbocycles. The maximum absolute atomic E-state index is 12.7. The molecule has 2 aromatic rings. The second-order valence-corrected chi connectivity index (χ2v) is 9.07. The van der Waals surface area contributed by atoms with Crippen LogP contribution in [0, 0.1) is 16.0 Å². The summed E-state index contributed by atoms with van der Waals surface area (Å²) in [6, 6.07) is 5.86. The minimum atomic E-state index is -1.16. The standard InChI is InChI=1S/C23H26N2O7S/c1-4-31-23(28)20-16-10-9-13(2)11-18(16)33-22(20)24-21(27)14(3)32-19(26)12-15-7-5-6-8-17(15)25(29)30/h5-8,13-14H,4,9-12H2,1-3H3,(H,24,27). The van der Waals surface area contributed by atoms with E-state index in [0.29, 0.717) is 16.5 Å². The smallest absolute Gasteiger partial charge is 0.341 e. The number of benzene rings is 1. The molecule has 1 aliphatic carbocycles. The summed E-state index contributed by atoms with van der Waals surface area (Å²) in [5, 5.41) is 14.2. The highest BCUT2D eigenvalue weighted by Gasteiger charge is 2.30. The number of nitro benzene ring substituents is 1. The molecule has 0 saturated heterocycles. The number of carbonyl (C=O) groups is 3. The number of para-hydroxylation sites is 1. The number of ether oxygens (including phenoxy) is 2. The van der Waals surface area contributed by atoms with Crippen LogP contribution >= 0.6 is 11.3 Å². The zero-order chi connectivity index (χ0) is 24.1. The minimum Gasteiger partial charge on any atom is -0.462 e. The van der Waals surface area contributed by atoms with Crippen molar-refractivity contribution in [2.75, 3.05) is 11.9 Å². The highest BCUT2D eigenvalue weighted by atomic mass is 32.1. The van der Waals surface area contributed by atoms with E-state index in [9.17, 15) is 24.5 Å². The fraction of sp³-hybridized carbons (Fsp3) is 0.435. The zero-order valence-corrected chi connectivity index (χ0v) is 19.5. The van der Waals surface area contributed by atoms with Crippen LogP contribution in [0.5, 0.6) is 0 Å². The van der Waals surface area contributed by atoms with Crippen molar-refractivity contribution in [2.24, 2.45) is 5.92 Å². The Morgan fingerprint density at radius 2 is 2.03 bits per heavy atom. The van der Waals surface area contributed by atoms with Crippen LogP contribution in [0.15, 0.2) is 24.3 Å². The molecule has 1 amide bonds. The normalized spacial score (nSPS) is 15.8. The van der Waals surface area contributed by atoms with Gasteiger partial charge in [0.1, 0.15) is 5.00 Å². The molecule has 33 heavy (non-hydrogen) atoms. The Balaban J connectivity index is 1.71. The summed E-state index contributed by atoms with van der Waals surface area (Å²) in [5.41, 5.74) is 1.29. The van der Waals surface area contributed by atoms with Crippen LogP contribution in [0.4, 0.5) is 10.7 Å². The van der Waals surface area contributed by atoms with Gasteiger partial charge < -0.3 is 14.8 Å². The summed E-state index contributed by atoms with van der Waals surface area (Å²) < 4.78 is 10.4. The van der Waals surface area contributed by atoms with Crippen molar-refractivity contribution >= 4 is 39.9 Å². The Kier molecular flexibility index (Phi) is 7.80. The van der Waals surface area contributed by atoms with Gasteiger partial charge in [-0.05, 0) is 44.6 Å². The molecule has 1 aromatic heterocycles. The molecule has 176 valence electrons. The summed E-state index contributed by atoms with van der Waals surface area (Å²) in [5.74, 6) is -1.36. The van der Waals surface area contributed by atoms with Crippen LogP contribution in [0.1, 0.15) is 53.6 Å². The molecular weight excluding hydrogens is 448 g/mol. The molecule has 1 aromatic carbocycles. The maximum Gasteiger partial charge on any atom is 0.341 e. The zero-order valence-electron chi connectivity index (χ0n) is 18.7. The molecule has 1 heterocycles. The van der Waals surface area contributed by atoms with E-state index in [1.807, 2.05) is 0 Å². The number of nitro groups is 1. The van der Waals surface area contributed by atoms with Crippen LogP contribution in [-0.4, -0.2) is 35.5 Å². The van der Waals surface area contributed by atoms with E-state index in [0.717, 1.165) is 29.7 Å². The molecule has 9 nitrogen and oxygen atoms in total. The molecule has 0 radical (unpaired) electrons. The number of fused-ring (bicyclic) bond motifs is 1. The molecule has 1 N–H and O–H groups in total. The van der Waals surface area contributed by atoms with Gasteiger partial charge in [0.2, 0.25) is 0 Å². The first kappa shape index (κ1) is 24.4. The molecule has 2 atom stereocenters. The number of anilines is 1. The molecular formula is C23H26N2O7S. The van der Waals surface area contributed by atoms with Gasteiger partial charge in [0.25, 0.3) is 11.6 Å². The summed E-state index contributed by atoms with van der Waals surface area (Å²) >= 11 is 1.34. The van der Waals surface area contributed by atoms with Gasteiger partial charge >= 0.3 is 11.9 Å². The third-order valence-corrected chi connectivity index (χ3v) is 6.60. The van der Waals surface area contributed by atoms with Crippen LogP contribution in [0.25, 0.3) is 0 Å². The summed E-state index contributed by atoms with van der Waals surface area (Å²) in [4.78, 5) is 49.3. The number of hydrogen-bond donors (Lipinski definition) is 1. The van der Waals surface area contributed by atoms with Gasteiger partial charge in [-0.25, -0.2) is 4.79 Å². The number of thiophene rings is 1. The van der Waals surface area contributed by atoms with Crippen molar-refractivity contribution < 1.29 is 28.8 Å². The van der Waals surface area contributed by atoms with Gasteiger partial charge in [-0.3, -0.25) is 19.7 Å². The lowest BCUT2D eigenvalue weighted by atomic mass is 9.88. The molecule has 0 spiro atoms. The first-order chi connectivity index (χ1) is 15.7. The van der Waals surface area contributed by atoms with Gasteiger partial charge in [0, 0.05) is 16.5 Å². The predicted molar refractivity (Wildman–Crippen MR) is 122 cm³/mol. The van der Waals surface area contributed by atoms with Crippen molar-refractivity contribution in [3.63, 3.8) is 0 Å². The molecule has 3 rings (SSSR count). The molecule has 1 aliphatic rings. The van der Waals surface area contributed by atoms with E-state index in [-0.39, 0.29) is 24.3 Å². The predicted octanol–water partition coefficient (Wildman–Crippen LogP) is 4.07. The lowest BCUT2D eigenvalue weighted by molar-refractivity contribution is -0.385. The van der Waals surface area contributed by atoms with Crippen molar-refractivity contribution in [1.29, 1.82) is 0 Å². The Bertz CT molecular complexity index is 1080. The van der Waals surface area contributed by atoms with Crippen LogP contribution in [-0.2, 0) is 38.3 Å². The SMILES string of the molecule is CCOC(=O)c1c(NC(=O)C(C)OC(=O)Cc2ccccc2[N+](=O)[O-])sc2c1CCC(C)C2. The first-order valence-electron chi connectivity index (χ1n) is 10.8. The van der Waals surface area contributed by atoms with Gasteiger partial charge in [0.05, 0.1) is 23.5 Å². The number of hydrogen-bond acceptors (Lipinski definition) is 8. The Morgan fingerprint density at radius 1 is 1.30 bits per heavy atom. The fourth-order valence-corrected chi connectivity index (χ4v) is 5.16. The highest BCUT2D eigenvalue weighted by molar-refractivity contribution is 7.17. The first-order valence-corrected chi connectivity index (χ1v) is 11.6. The largest absolute Gasteiger partial charge is 0.462 e. The van der Waals surface area contributed by atoms with Crippen LogP contribution in [0.3, 0.4) is 0 Å². The summed E-state index contributed by atoms with van der Waals surface area (Å²) in [6.07, 6.45) is 1.01. The Labute approximate surface area is 195 Å². The second-order valence-electron chi connectivity index (χ2n) is 7.96. The average molecular weight is 475 g/mol. The number of rotatable bonds is 8. The van der Waals surface area contributed by atoms with Crippen molar-refractivity contribution in [3.05, 3.63) is 55.9 Å². The van der Waals surface area contributed by atoms with Crippen molar-refractivity contribution in [2.45, 2.75) is 52.6 Å². The van der Waals surface area contributed by atoms with Crippen LogP contribution in [0.2, 0.25) is 0 Å². The number of nitrogens with one attached hydrogen (secondary N) is 1. The van der Waals surface area contributed by atoms with Gasteiger partial charge in [-0.15, -0.1) is 11.3 Å². The summed E-state index contributed by atoms with van der Waals surface area (Å²) in [6.45, 7) is 5.48. The Hall–Kier alpha value is -3.27. The third kappa shape index (κ3) is 5.75. The van der Waals surface area contributed by atoms with Crippen LogP contribution < -0.4 is 5.32 Å². The molecule has 0 aliphatic heterocycles. The van der Waals surface area contributed by atoms with E-state index in [4.69, 9.17) is 9.47 Å². The van der Waals surface area contributed by atoms with Gasteiger partial charge in [-0.2, -0.15) is 0 Å². The van der Waals surface area contributed by atoms with Gasteiger partial charge in [-0.1, -0.05) is 25.1 Å². The lowest BCUT2D eigenvalue weighted by Gasteiger charge is -2.18. The van der Waals surface area contributed by atoms with E-state index < -0.39 is 28.9 Å². The maximum atomic E-state index is 12.7. The fourth-order valence-electron chi connectivity index (χ4n) is 3.76. The van der Waals surface area contributed by atoms with E-state index >= 15 is 0 Å². The average Bonchev–Trinajstić information content (AvgIpc) is 3.10. The van der Waals surface area contributed by atoms with E-state index in [1.165, 1.54) is 36.5 Å². The number of amides is 1. The Morgan fingerprint density at radius 3 is 2.73 bits per heavy atom. The number of esters is 2. The molecule has 0 fully saturated rings. The molecule has 10 heteroatoms. The minimum absolute atomic E-state index is 0.191. The van der Waals surface area contributed by atoms with Crippen molar-refractivity contribution in [1.82, 2.24) is 0 Å². The summed E-state index contributed by atoms with van der Waals surface area (Å²) in [7, 11) is 0. The third-order valence-electron chi connectivity index (χ3n) is 5.43.